The Labute approximate surface area is 179 Å². The fourth-order valence-electron chi connectivity index (χ4n) is 1.90. The number of hydrogen-bond donors (Lipinski definition) is 1. The molecule has 0 heterocycles. The molecule has 0 amide bonds. The zero-order chi connectivity index (χ0) is 22.5. The third kappa shape index (κ3) is 13.1. The summed E-state index contributed by atoms with van der Waals surface area (Å²) in [5.41, 5.74) is 3.23. The highest BCUT2D eigenvalue weighted by Gasteiger charge is 1.85. The van der Waals surface area contributed by atoms with Gasteiger partial charge in [0.1, 0.15) is 12.6 Å². The number of nitrogens with one attached hydrogen (secondary N) is 1. The zero-order valence-electron chi connectivity index (χ0n) is 17.0. The molecular weight excluding hydrogens is 370 g/mol. The molecule has 0 fully saturated rings. The number of hydrogen-bond acceptors (Lipinski definition) is 3. The maximum atomic E-state index is 10.4. The van der Waals surface area contributed by atoms with E-state index in [1.807, 2.05) is 48.6 Å². The molecule has 0 spiro atoms. The van der Waals surface area contributed by atoms with Crippen LogP contribution in [0.3, 0.4) is 0 Å². The molecule has 0 bridgehead atoms. The molecule has 0 saturated heterocycles. The molecule has 0 radical (unpaired) electrons. The van der Waals surface area contributed by atoms with Gasteiger partial charge in [0.2, 0.25) is 0 Å². The number of rotatable bonds is 14. The lowest BCUT2D eigenvalue weighted by Crippen LogP contribution is -1.77. The maximum absolute atomic E-state index is 10.4. The van der Waals surface area contributed by atoms with Crippen molar-refractivity contribution < 1.29 is 9.59 Å². The van der Waals surface area contributed by atoms with Crippen LogP contribution in [0.25, 0.3) is 0 Å². The minimum absolute atomic E-state index is 0.609. The second-order valence-electron chi connectivity index (χ2n) is 5.52. The van der Waals surface area contributed by atoms with Crippen molar-refractivity contribution in [1.29, 1.82) is 5.41 Å². The smallest absolute Gasteiger partial charge is 0.142 e. The van der Waals surface area contributed by atoms with Gasteiger partial charge < -0.3 is 5.41 Å². The second-order valence-corrected chi connectivity index (χ2v) is 5.52. The van der Waals surface area contributed by atoms with Crippen molar-refractivity contribution in [3.8, 4) is 0 Å². The molecule has 0 aliphatic heterocycles. The van der Waals surface area contributed by atoms with Crippen molar-refractivity contribution in [2.75, 3.05) is 0 Å². The largest absolute Gasteiger partial charge is 0.308 e. The summed E-state index contributed by atoms with van der Waals surface area (Å²) in [7, 11) is 0. The van der Waals surface area contributed by atoms with Gasteiger partial charge in [-0.25, -0.2) is 0 Å². The van der Waals surface area contributed by atoms with E-state index in [1.165, 1.54) is 18.4 Å². The van der Waals surface area contributed by atoms with Crippen molar-refractivity contribution in [3.63, 3.8) is 0 Å². The Hall–Kier alpha value is -4.11. The molecule has 0 atom stereocenters. The van der Waals surface area contributed by atoms with Crippen LogP contribution in [-0.4, -0.2) is 18.8 Å². The second kappa shape index (κ2) is 18.3. The van der Waals surface area contributed by atoms with Crippen LogP contribution in [0, 0.1) is 5.41 Å². The Morgan fingerprint density at radius 2 is 0.833 bits per heavy atom. The zero-order valence-corrected chi connectivity index (χ0v) is 17.0. The van der Waals surface area contributed by atoms with E-state index in [0.717, 1.165) is 23.0 Å². The Bertz CT molecular complexity index is 821. The first-order valence-electron chi connectivity index (χ1n) is 9.12. The van der Waals surface area contributed by atoms with Gasteiger partial charge in [0, 0.05) is 6.21 Å². The Morgan fingerprint density at radius 1 is 0.500 bits per heavy atom. The maximum Gasteiger partial charge on any atom is 0.142 e. The van der Waals surface area contributed by atoms with E-state index in [2.05, 4.69) is 19.7 Å². The van der Waals surface area contributed by atoms with Crippen molar-refractivity contribution in [1.82, 2.24) is 0 Å². The predicted molar refractivity (Wildman–Crippen MR) is 130 cm³/mol. The Morgan fingerprint density at radius 3 is 1.20 bits per heavy atom. The topological polar surface area (TPSA) is 58.0 Å². The van der Waals surface area contributed by atoms with Gasteiger partial charge >= 0.3 is 0 Å². The molecule has 3 nitrogen and oxygen atoms in total. The molecule has 152 valence electrons. The van der Waals surface area contributed by atoms with E-state index < -0.39 is 0 Å². The Balaban J connectivity index is 5.20. The summed E-state index contributed by atoms with van der Waals surface area (Å²) in [6.45, 7) is 11.3. The number of carbonyl (C=O) groups excluding carboxylic acids is 2. The first-order chi connectivity index (χ1) is 14.6. The molecule has 0 aromatic carbocycles. The van der Waals surface area contributed by atoms with Crippen LogP contribution in [0.1, 0.15) is 0 Å². The molecule has 0 aliphatic carbocycles. The lowest BCUT2D eigenvalue weighted by atomic mass is 10.1. The molecule has 1 N–H and O–H groups in total. The van der Waals surface area contributed by atoms with Crippen LogP contribution in [0.4, 0.5) is 0 Å². The third-order valence-electron chi connectivity index (χ3n) is 3.45. The average molecular weight is 398 g/mol. The first-order valence-corrected chi connectivity index (χ1v) is 9.12. The number of aldehydes is 2. The molecule has 0 aromatic rings. The van der Waals surface area contributed by atoms with E-state index in [9.17, 15) is 9.59 Å². The highest BCUT2D eigenvalue weighted by atomic mass is 16.1. The van der Waals surface area contributed by atoms with Gasteiger partial charge in [-0.1, -0.05) is 111 Å². The predicted octanol–water partition coefficient (Wildman–Crippen LogP) is 6.08. The van der Waals surface area contributed by atoms with E-state index in [1.54, 1.807) is 42.5 Å². The lowest BCUT2D eigenvalue weighted by molar-refractivity contribution is -0.104. The van der Waals surface area contributed by atoms with Crippen LogP contribution < -0.4 is 0 Å². The van der Waals surface area contributed by atoms with Gasteiger partial charge in [-0.15, -0.1) is 0 Å². The van der Waals surface area contributed by atoms with Gasteiger partial charge in [-0.3, -0.25) is 9.59 Å². The fourth-order valence-corrected chi connectivity index (χ4v) is 1.90. The lowest BCUT2D eigenvalue weighted by Gasteiger charge is -1.92. The van der Waals surface area contributed by atoms with E-state index in [0.29, 0.717) is 11.9 Å². The molecule has 3 heteroatoms. The fraction of sp³-hybridized carbons (Fsp3) is 0. The molecule has 0 unspecified atom stereocenters. The standard InChI is InChI=1S/C27H27NO2/c1-4-24(15-9-16-26(6-3)19-11-21-29)13-7-8-14-25(5-2)17-10-18-27(23-28)20-12-22-30/h4-23,28H,1-3H2/b8-7+,15-9+,17-10+,19-11+,20-12+,24-13+,25-14+,26-16+,27-18-,28-23?. The van der Waals surface area contributed by atoms with Crippen molar-refractivity contribution in [2.24, 2.45) is 0 Å². The van der Waals surface area contributed by atoms with E-state index in [4.69, 9.17) is 5.41 Å². The van der Waals surface area contributed by atoms with Gasteiger partial charge in [0.25, 0.3) is 0 Å². The van der Waals surface area contributed by atoms with E-state index in [-0.39, 0.29) is 0 Å². The van der Waals surface area contributed by atoms with Crippen LogP contribution >= 0.6 is 0 Å². The number of allylic oxidation sites excluding steroid dienone is 21. The summed E-state index contributed by atoms with van der Waals surface area (Å²) in [6, 6.07) is 0. The summed E-state index contributed by atoms with van der Waals surface area (Å²) in [4.78, 5) is 20.7. The summed E-state index contributed by atoms with van der Waals surface area (Å²) in [6.07, 6.45) is 32.2. The average Bonchev–Trinajstić information content (AvgIpc) is 2.78. The SMILES string of the molecule is C=CC(/C=C/C=O)=C\C=C\C(C=C)=C\C=C\C=C(C=C)\C=C\C=C(C=N)\C=C\C=O. The molecule has 0 aliphatic rings. The van der Waals surface area contributed by atoms with E-state index >= 15 is 0 Å². The summed E-state index contributed by atoms with van der Waals surface area (Å²) in [5, 5.41) is 7.29. The normalized spacial score (nSPS) is 14.3. The summed E-state index contributed by atoms with van der Waals surface area (Å²) >= 11 is 0. The van der Waals surface area contributed by atoms with Gasteiger partial charge in [0.05, 0.1) is 0 Å². The molecule has 0 rings (SSSR count). The summed E-state index contributed by atoms with van der Waals surface area (Å²) < 4.78 is 0. The van der Waals surface area contributed by atoms with Crippen LogP contribution in [0.15, 0.2) is 145 Å². The Kier molecular flexibility index (Phi) is 15.8. The molecule has 30 heavy (non-hydrogen) atoms. The molecular formula is C27H27NO2. The first kappa shape index (κ1) is 25.9. The van der Waals surface area contributed by atoms with Gasteiger partial charge in [-0.05, 0) is 34.4 Å². The summed E-state index contributed by atoms with van der Waals surface area (Å²) in [5.74, 6) is 0. The van der Waals surface area contributed by atoms with Crippen LogP contribution in [0.5, 0.6) is 0 Å². The third-order valence-corrected chi connectivity index (χ3v) is 3.45. The van der Waals surface area contributed by atoms with Crippen molar-refractivity contribution in [2.45, 2.75) is 0 Å². The molecule has 0 saturated carbocycles. The minimum Gasteiger partial charge on any atom is -0.308 e. The number of carbonyl (C=O) groups is 2. The molecule has 0 aromatic heterocycles. The monoisotopic (exact) mass is 397 g/mol. The highest BCUT2D eigenvalue weighted by Crippen LogP contribution is 2.04. The van der Waals surface area contributed by atoms with Crippen molar-refractivity contribution >= 4 is 18.8 Å². The van der Waals surface area contributed by atoms with Gasteiger partial charge in [-0.2, -0.15) is 0 Å². The quantitative estimate of drug-likeness (QED) is 0.167. The van der Waals surface area contributed by atoms with Crippen LogP contribution in [0.2, 0.25) is 0 Å². The minimum atomic E-state index is 0.609. The van der Waals surface area contributed by atoms with Crippen LogP contribution in [-0.2, 0) is 9.59 Å². The highest BCUT2D eigenvalue weighted by molar-refractivity contribution is 5.82. The van der Waals surface area contributed by atoms with Crippen molar-refractivity contribution in [3.05, 3.63) is 145 Å². The van der Waals surface area contributed by atoms with Gasteiger partial charge in [0.15, 0.2) is 0 Å².